The number of nitrogens with one attached hydrogen (secondary N) is 2. The van der Waals surface area contributed by atoms with E-state index in [4.69, 9.17) is 5.26 Å². The number of nitriles is 1. The molecule has 0 aliphatic heterocycles. The van der Waals surface area contributed by atoms with Gasteiger partial charge in [0, 0.05) is 19.3 Å². The summed E-state index contributed by atoms with van der Waals surface area (Å²) in [5, 5.41) is 19.5. The van der Waals surface area contributed by atoms with Crippen LogP contribution in [0.1, 0.15) is 50.4 Å². The number of carbonyl (C=O) groups is 2. The minimum Gasteiger partial charge on any atom is -0.352 e. The van der Waals surface area contributed by atoms with Crippen LogP contribution in [0.15, 0.2) is 79.1 Å². The average molecular weight is 452 g/mol. The standard InChI is InChI=1S/C27H25N5O2/c1-2-29-27(34)22-12-13-24-23(17-31-32(24)18-22)26(33)25(21-6-4-3-5-7-21)30-15-14-19-8-10-20(16-28)11-9-19/h3-13,17-18,25,30H,2,14-15H2,1H3,(H,29,34)/t25-/m1/s1. The molecule has 0 aliphatic rings. The summed E-state index contributed by atoms with van der Waals surface area (Å²) >= 11 is 0. The number of hydrogen-bond donors (Lipinski definition) is 2. The van der Waals surface area contributed by atoms with Crippen LogP contribution in [-0.2, 0) is 6.42 Å². The number of amides is 1. The maximum absolute atomic E-state index is 13.6. The Kier molecular flexibility index (Phi) is 7.11. The molecule has 4 rings (SSSR count). The Labute approximate surface area is 198 Å². The topological polar surface area (TPSA) is 99.3 Å². The number of Topliss-reactive ketones (excluding diaryl/α,β-unsaturated/α-hetero) is 1. The number of rotatable bonds is 9. The number of ketones is 1. The number of aromatic nitrogens is 2. The summed E-state index contributed by atoms with van der Waals surface area (Å²) < 4.78 is 1.57. The molecule has 0 bridgehead atoms. The highest BCUT2D eigenvalue weighted by molar-refractivity contribution is 6.06. The lowest BCUT2D eigenvalue weighted by Crippen LogP contribution is -2.30. The summed E-state index contributed by atoms with van der Waals surface area (Å²) in [7, 11) is 0. The first-order valence-corrected chi connectivity index (χ1v) is 11.2. The minimum absolute atomic E-state index is 0.0909. The summed E-state index contributed by atoms with van der Waals surface area (Å²) in [4.78, 5) is 25.8. The van der Waals surface area contributed by atoms with Gasteiger partial charge >= 0.3 is 0 Å². The van der Waals surface area contributed by atoms with Crippen LogP contribution in [0.4, 0.5) is 0 Å². The van der Waals surface area contributed by atoms with Crippen molar-refractivity contribution in [2.45, 2.75) is 19.4 Å². The molecule has 0 unspecified atom stereocenters. The molecule has 2 aromatic carbocycles. The van der Waals surface area contributed by atoms with Gasteiger partial charge in [-0.15, -0.1) is 0 Å². The molecule has 1 atom stereocenters. The van der Waals surface area contributed by atoms with Gasteiger partial charge in [-0.1, -0.05) is 42.5 Å². The van der Waals surface area contributed by atoms with E-state index >= 15 is 0 Å². The van der Waals surface area contributed by atoms with E-state index in [1.165, 1.54) is 0 Å². The zero-order valence-corrected chi connectivity index (χ0v) is 18.9. The Bertz CT molecular complexity index is 1340. The van der Waals surface area contributed by atoms with Crippen LogP contribution in [-0.4, -0.2) is 34.4 Å². The predicted octanol–water partition coefficient (Wildman–Crippen LogP) is 3.71. The molecule has 2 aromatic heterocycles. The third-order valence-electron chi connectivity index (χ3n) is 5.62. The summed E-state index contributed by atoms with van der Waals surface area (Å²) in [5.41, 5.74) is 4.19. The lowest BCUT2D eigenvalue weighted by Gasteiger charge is -2.18. The Morgan fingerprint density at radius 1 is 1.06 bits per heavy atom. The lowest BCUT2D eigenvalue weighted by atomic mass is 9.97. The van der Waals surface area contributed by atoms with E-state index in [-0.39, 0.29) is 11.7 Å². The van der Waals surface area contributed by atoms with Crippen molar-refractivity contribution in [1.82, 2.24) is 20.2 Å². The molecule has 0 saturated heterocycles. The third kappa shape index (κ3) is 5.03. The van der Waals surface area contributed by atoms with E-state index in [0.29, 0.717) is 41.7 Å². The average Bonchev–Trinajstić information content (AvgIpc) is 3.31. The van der Waals surface area contributed by atoms with Crippen molar-refractivity contribution >= 4 is 17.2 Å². The predicted molar refractivity (Wildman–Crippen MR) is 130 cm³/mol. The molecule has 0 spiro atoms. The first-order chi connectivity index (χ1) is 16.6. The Morgan fingerprint density at radius 3 is 2.53 bits per heavy atom. The van der Waals surface area contributed by atoms with Gasteiger partial charge in [0.15, 0.2) is 5.78 Å². The maximum Gasteiger partial charge on any atom is 0.252 e. The largest absolute Gasteiger partial charge is 0.352 e. The molecule has 34 heavy (non-hydrogen) atoms. The van der Waals surface area contributed by atoms with Crippen molar-refractivity contribution in [1.29, 1.82) is 5.26 Å². The highest BCUT2D eigenvalue weighted by atomic mass is 16.1. The number of pyridine rings is 1. The second kappa shape index (κ2) is 10.6. The highest BCUT2D eigenvalue weighted by Gasteiger charge is 2.24. The quantitative estimate of drug-likeness (QED) is 0.378. The van der Waals surface area contributed by atoms with Crippen LogP contribution < -0.4 is 10.6 Å². The van der Waals surface area contributed by atoms with Crippen molar-refractivity contribution in [3.05, 3.63) is 107 Å². The third-order valence-corrected chi connectivity index (χ3v) is 5.62. The van der Waals surface area contributed by atoms with Gasteiger partial charge < -0.3 is 10.6 Å². The van der Waals surface area contributed by atoms with E-state index < -0.39 is 6.04 Å². The molecule has 4 aromatic rings. The smallest absolute Gasteiger partial charge is 0.252 e. The number of hydrogen-bond acceptors (Lipinski definition) is 5. The van der Waals surface area contributed by atoms with Crippen molar-refractivity contribution in [2.75, 3.05) is 13.1 Å². The minimum atomic E-state index is -0.546. The number of carbonyl (C=O) groups excluding carboxylic acids is 2. The van der Waals surface area contributed by atoms with E-state index in [2.05, 4.69) is 21.8 Å². The fraction of sp³-hybridized carbons (Fsp3) is 0.185. The van der Waals surface area contributed by atoms with Crippen LogP contribution >= 0.6 is 0 Å². The Morgan fingerprint density at radius 2 is 1.82 bits per heavy atom. The summed E-state index contributed by atoms with van der Waals surface area (Å²) in [6, 6.07) is 22.1. The van der Waals surface area contributed by atoms with Gasteiger partial charge in [0.05, 0.1) is 40.5 Å². The molecule has 170 valence electrons. The molecule has 0 aliphatic carbocycles. The molecule has 7 nitrogen and oxygen atoms in total. The SMILES string of the molecule is CCNC(=O)c1ccc2c(C(=O)[C@H](NCCc3ccc(C#N)cc3)c3ccccc3)cnn2c1. The normalized spacial score (nSPS) is 11.6. The van der Waals surface area contributed by atoms with Gasteiger partial charge in [-0.25, -0.2) is 4.52 Å². The molecule has 7 heteroatoms. The zero-order chi connectivity index (χ0) is 23.9. The van der Waals surface area contributed by atoms with Gasteiger partial charge in [-0.2, -0.15) is 10.4 Å². The van der Waals surface area contributed by atoms with Crippen LogP contribution in [0.25, 0.3) is 5.52 Å². The summed E-state index contributed by atoms with van der Waals surface area (Å²) in [5.74, 6) is -0.272. The summed E-state index contributed by atoms with van der Waals surface area (Å²) in [6.45, 7) is 2.98. The Hall–Kier alpha value is -4.28. The monoisotopic (exact) mass is 451 g/mol. The molecule has 0 radical (unpaired) electrons. The van der Waals surface area contributed by atoms with Gasteiger partial charge in [0.2, 0.25) is 0 Å². The summed E-state index contributed by atoms with van der Waals surface area (Å²) in [6.07, 6.45) is 3.90. The van der Waals surface area contributed by atoms with Gasteiger partial charge in [-0.3, -0.25) is 9.59 Å². The fourth-order valence-electron chi connectivity index (χ4n) is 3.84. The molecule has 0 saturated carbocycles. The number of benzene rings is 2. The fourth-order valence-corrected chi connectivity index (χ4v) is 3.84. The van der Waals surface area contributed by atoms with E-state index in [1.807, 2.05) is 49.4 Å². The van der Waals surface area contributed by atoms with Crippen LogP contribution in [0.3, 0.4) is 0 Å². The van der Waals surface area contributed by atoms with E-state index in [9.17, 15) is 9.59 Å². The molecule has 0 fully saturated rings. The van der Waals surface area contributed by atoms with Gasteiger partial charge in [0.25, 0.3) is 5.91 Å². The molecule has 2 heterocycles. The van der Waals surface area contributed by atoms with Crippen molar-refractivity contribution < 1.29 is 9.59 Å². The van der Waals surface area contributed by atoms with Crippen LogP contribution in [0, 0.1) is 11.3 Å². The molecular formula is C27H25N5O2. The maximum atomic E-state index is 13.6. The van der Waals surface area contributed by atoms with Crippen molar-refractivity contribution in [3.8, 4) is 6.07 Å². The van der Waals surface area contributed by atoms with Gasteiger partial charge in [0.1, 0.15) is 0 Å². The first kappa shape index (κ1) is 22.9. The highest BCUT2D eigenvalue weighted by Crippen LogP contribution is 2.22. The van der Waals surface area contributed by atoms with Gasteiger partial charge in [-0.05, 0) is 48.7 Å². The molecular weight excluding hydrogens is 426 g/mol. The lowest BCUT2D eigenvalue weighted by molar-refractivity contribution is 0.0941. The second-order valence-electron chi connectivity index (χ2n) is 7.89. The molecule has 2 N–H and O–H groups in total. The second-order valence-corrected chi connectivity index (χ2v) is 7.89. The first-order valence-electron chi connectivity index (χ1n) is 11.2. The van der Waals surface area contributed by atoms with Crippen molar-refractivity contribution in [2.24, 2.45) is 0 Å². The number of nitrogens with zero attached hydrogens (tertiary/aromatic N) is 3. The van der Waals surface area contributed by atoms with Crippen molar-refractivity contribution in [3.63, 3.8) is 0 Å². The van der Waals surface area contributed by atoms with Crippen LogP contribution in [0.5, 0.6) is 0 Å². The Balaban J connectivity index is 1.56. The van der Waals surface area contributed by atoms with E-state index in [1.54, 1.807) is 41.2 Å². The number of fused-ring (bicyclic) bond motifs is 1. The molecule has 1 amide bonds. The van der Waals surface area contributed by atoms with Crippen LogP contribution in [0.2, 0.25) is 0 Å². The zero-order valence-electron chi connectivity index (χ0n) is 18.9. The van der Waals surface area contributed by atoms with E-state index in [0.717, 1.165) is 11.1 Å².